The third-order valence-electron chi connectivity index (χ3n) is 4.41. The number of piperidine rings is 1. The van der Waals surface area contributed by atoms with E-state index in [0.29, 0.717) is 12.8 Å². The Morgan fingerprint density at radius 2 is 2.17 bits per heavy atom. The van der Waals surface area contributed by atoms with Crippen LogP contribution in [-0.4, -0.2) is 35.7 Å². The highest BCUT2D eigenvalue weighted by molar-refractivity contribution is 6.00. The number of anilines is 1. The number of hydrogen-bond acceptors (Lipinski definition) is 4. The van der Waals surface area contributed by atoms with Crippen molar-refractivity contribution in [3.8, 4) is 0 Å². The van der Waals surface area contributed by atoms with Crippen LogP contribution in [0.2, 0.25) is 0 Å². The Kier molecular flexibility index (Phi) is 4.10. The van der Waals surface area contributed by atoms with Gasteiger partial charge in [0.25, 0.3) is 0 Å². The molecule has 0 radical (unpaired) electrons. The van der Waals surface area contributed by atoms with Crippen molar-refractivity contribution < 1.29 is 23.8 Å². The molecule has 1 saturated heterocycles. The van der Waals surface area contributed by atoms with Crippen molar-refractivity contribution >= 4 is 17.6 Å². The number of nitrogens with zero attached hydrogens (tertiary/aromatic N) is 1. The van der Waals surface area contributed by atoms with E-state index in [0.717, 1.165) is 6.07 Å². The molecule has 1 aromatic rings. The second-order valence-electron chi connectivity index (χ2n) is 6.67. The first-order valence-corrected chi connectivity index (χ1v) is 7.86. The molecule has 124 valence electrons. The molecule has 1 heterocycles. The molecule has 3 rings (SSSR count). The van der Waals surface area contributed by atoms with Crippen LogP contribution in [0.5, 0.6) is 0 Å². The lowest BCUT2D eigenvalue weighted by atomic mass is 10.0. The van der Waals surface area contributed by atoms with Crippen molar-refractivity contribution in [2.75, 3.05) is 11.5 Å². The number of esters is 1. The molecule has 0 spiro atoms. The van der Waals surface area contributed by atoms with E-state index in [1.165, 1.54) is 17.0 Å². The number of aliphatic hydroxyl groups is 1. The fourth-order valence-electron chi connectivity index (χ4n) is 3.29. The summed E-state index contributed by atoms with van der Waals surface area (Å²) in [4.78, 5) is 25.5. The molecule has 23 heavy (non-hydrogen) atoms. The summed E-state index contributed by atoms with van der Waals surface area (Å²) in [6.07, 6.45) is 0.392. The first kappa shape index (κ1) is 15.9. The van der Waals surface area contributed by atoms with E-state index in [-0.39, 0.29) is 35.7 Å². The van der Waals surface area contributed by atoms with Crippen LogP contribution in [0.15, 0.2) is 18.2 Å². The van der Waals surface area contributed by atoms with Crippen LogP contribution < -0.4 is 4.90 Å². The number of benzene rings is 1. The highest BCUT2D eigenvalue weighted by Crippen LogP contribution is 2.42. The zero-order chi connectivity index (χ0) is 16.7. The fourth-order valence-corrected chi connectivity index (χ4v) is 3.29. The molecule has 5 nitrogen and oxygen atoms in total. The molecule has 1 amide bonds. The molecular weight excluding hydrogens is 301 g/mol. The predicted octanol–water partition coefficient (Wildman–Crippen LogP) is 2.12. The summed E-state index contributed by atoms with van der Waals surface area (Å²) >= 11 is 0. The molecule has 0 unspecified atom stereocenters. The van der Waals surface area contributed by atoms with Gasteiger partial charge in [-0.25, -0.2) is 9.18 Å². The van der Waals surface area contributed by atoms with Crippen LogP contribution >= 0.6 is 0 Å². The minimum atomic E-state index is -0.628. The number of carbonyl (C=O) groups excluding carboxylic acids is 2. The van der Waals surface area contributed by atoms with Gasteiger partial charge in [0.15, 0.2) is 0 Å². The monoisotopic (exact) mass is 321 g/mol. The first-order chi connectivity index (χ1) is 10.9. The maximum atomic E-state index is 14.4. The summed E-state index contributed by atoms with van der Waals surface area (Å²) in [5.74, 6) is -1.68. The van der Waals surface area contributed by atoms with Crippen molar-refractivity contribution in [1.29, 1.82) is 0 Å². The standard InChI is InChI=1S/C17H20FNO4/c1-9(2)8-23-17(22)10-3-4-14(13(18)5-10)19-11-6-12(16(19)21)15(20)7-11/h3-5,9,11-12,15,20H,6-8H2,1-2H3/t11-,12+,15+/m0/s1. The third-order valence-corrected chi connectivity index (χ3v) is 4.41. The average Bonchev–Trinajstić information content (AvgIpc) is 3.01. The van der Waals surface area contributed by atoms with Gasteiger partial charge in [-0.05, 0) is 37.0 Å². The summed E-state index contributed by atoms with van der Waals surface area (Å²) < 4.78 is 19.5. The van der Waals surface area contributed by atoms with E-state index in [1.807, 2.05) is 13.8 Å². The molecule has 1 N–H and O–H groups in total. The molecule has 1 saturated carbocycles. The number of carbonyl (C=O) groups is 2. The van der Waals surface area contributed by atoms with Gasteiger partial charge >= 0.3 is 5.97 Å². The zero-order valence-corrected chi connectivity index (χ0v) is 13.2. The minimum absolute atomic E-state index is 0.128. The van der Waals surface area contributed by atoms with Gasteiger partial charge in [-0.1, -0.05) is 13.8 Å². The van der Waals surface area contributed by atoms with Gasteiger partial charge in [-0.3, -0.25) is 4.79 Å². The Morgan fingerprint density at radius 3 is 2.74 bits per heavy atom. The fraction of sp³-hybridized carbons (Fsp3) is 0.529. The van der Waals surface area contributed by atoms with E-state index in [9.17, 15) is 19.1 Å². The Bertz CT molecular complexity index is 645. The number of fused-ring (bicyclic) bond motifs is 2. The third kappa shape index (κ3) is 2.83. The maximum Gasteiger partial charge on any atom is 0.338 e. The Labute approximate surface area is 134 Å². The number of hydrogen-bond donors (Lipinski definition) is 1. The summed E-state index contributed by atoms with van der Waals surface area (Å²) in [5, 5.41) is 9.74. The van der Waals surface area contributed by atoms with E-state index in [1.54, 1.807) is 0 Å². The number of rotatable bonds is 4. The van der Waals surface area contributed by atoms with E-state index >= 15 is 0 Å². The number of aliphatic hydroxyl groups excluding tert-OH is 1. The van der Waals surface area contributed by atoms with Crippen LogP contribution in [0.4, 0.5) is 10.1 Å². The van der Waals surface area contributed by atoms with Crippen LogP contribution in [0.3, 0.4) is 0 Å². The van der Waals surface area contributed by atoms with Gasteiger partial charge in [-0.2, -0.15) is 0 Å². The molecule has 3 atom stereocenters. The van der Waals surface area contributed by atoms with Crippen molar-refractivity contribution in [3.63, 3.8) is 0 Å². The minimum Gasteiger partial charge on any atom is -0.462 e. The Balaban J connectivity index is 1.78. The SMILES string of the molecule is CC(C)COC(=O)c1ccc(N2C(=O)[C@@H]3C[C@H]2C[C@H]3O)c(F)c1. The topological polar surface area (TPSA) is 66.8 Å². The molecule has 1 aliphatic carbocycles. The summed E-state index contributed by atoms with van der Waals surface area (Å²) in [6.45, 7) is 4.10. The molecule has 1 aromatic carbocycles. The van der Waals surface area contributed by atoms with E-state index in [2.05, 4.69) is 0 Å². The van der Waals surface area contributed by atoms with Crippen molar-refractivity contribution in [3.05, 3.63) is 29.6 Å². The molecule has 0 aromatic heterocycles. The molecule has 2 aliphatic rings. The Morgan fingerprint density at radius 1 is 1.43 bits per heavy atom. The summed E-state index contributed by atoms with van der Waals surface area (Å²) in [5.41, 5.74) is 0.290. The summed E-state index contributed by atoms with van der Waals surface area (Å²) in [7, 11) is 0. The largest absolute Gasteiger partial charge is 0.462 e. The van der Waals surface area contributed by atoms with Gasteiger partial charge in [0.2, 0.25) is 5.91 Å². The second kappa shape index (κ2) is 5.92. The quantitative estimate of drug-likeness (QED) is 0.863. The van der Waals surface area contributed by atoms with Crippen LogP contribution in [0.1, 0.15) is 37.0 Å². The molecule has 6 heteroatoms. The molecular formula is C17H20FNO4. The second-order valence-corrected chi connectivity index (χ2v) is 6.67. The number of amides is 1. The van der Waals surface area contributed by atoms with Crippen molar-refractivity contribution in [2.24, 2.45) is 11.8 Å². The van der Waals surface area contributed by atoms with Crippen LogP contribution in [0, 0.1) is 17.7 Å². The van der Waals surface area contributed by atoms with Gasteiger partial charge in [0, 0.05) is 6.04 Å². The van der Waals surface area contributed by atoms with E-state index in [4.69, 9.17) is 4.74 Å². The van der Waals surface area contributed by atoms with Crippen LogP contribution in [-0.2, 0) is 9.53 Å². The van der Waals surface area contributed by atoms with Crippen molar-refractivity contribution in [1.82, 2.24) is 0 Å². The number of ether oxygens (including phenoxy) is 1. The average molecular weight is 321 g/mol. The Hall–Kier alpha value is -1.95. The molecule has 1 aliphatic heterocycles. The van der Waals surface area contributed by atoms with E-state index < -0.39 is 23.8 Å². The zero-order valence-electron chi connectivity index (χ0n) is 13.2. The maximum absolute atomic E-state index is 14.4. The van der Waals surface area contributed by atoms with Gasteiger partial charge < -0.3 is 14.7 Å². The highest BCUT2D eigenvalue weighted by Gasteiger charge is 2.51. The first-order valence-electron chi connectivity index (χ1n) is 7.86. The van der Waals surface area contributed by atoms with Gasteiger partial charge in [0.1, 0.15) is 5.82 Å². The lowest BCUT2D eigenvalue weighted by Crippen LogP contribution is -2.42. The van der Waals surface area contributed by atoms with Gasteiger partial charge in [-0.15, -0.1) is 0 Å². The number of halogens is 1. The van der Waals surface area contributed by atoms with Gasteiger partial charge in [0.05, 0.1) is 29.9 Å². The lowest BCUT2D eigenvalue weighted by molar-refractivity contribution is -0.124. The predicted molar refractivity (Wildman–Crippen MR) is 81.5 cm³/mol. The molecule has 2 bridgehead atoms. The van der Waals surface area contributed by atoms with Crippen LogP contribution in [0.25, 0.3) is 0 Å². The summed E-state index contributed by atoms with van der Waals surface area (Å²) in [6, 6.07) is 3.84. The lowest BCUT2D eigenvalue weighted by Gasteiger charge is -2.29. The van der Waals surface area contributed by atoms with Crippen molar-refractivity contribution in [2.45, 2.75) is 38.8 Å². The smallest absolute Gasteiger partial charge is 0.338 e. The normalized spacial score (nSPS) is 26.2. The molecule has 2 fully saturated rings. The highest BCUT2D eigenvalue weighted by atomic mass is 19.1.